The lowest BCUT2D eigenvalue weighted by Crippen LogP contribution is -2.06. The molecule has 0 aliphatic heterocycles. The molecule has 0 amide bonds. The molecule has 2 aromatic rings. The average Bonchev–Trinajstić information content (AvgIpc) is 2.74. The van der Waals surface area contributed by atoms with Crippen molar-refractivity contribution in [1.29, 1.82) is 0 Å². The van der Waals surface area contributed by atoms with E-state index in [4.69, 9.17) is 11.6 Å². The Morgan fingerprint density at radius 3 is 2.70 bits per heavy atom. The molecule has 104 valence electrons. The molecule has 0 saturated heterocycles. The minimum atomic E-state index is -0.699. The average molecular weight is 296 g/mol. The number of aromatic nitrogens is 2. The number of ether oxygens (including phenoxy) is 1. The van der Waals surface area contributed by atoms with E-state index in [-0.39, 0.29) is 22.1 Å². The van der Waals surface area contributed by atoms with E-state index in [1.807, 2.05) is 0 Å². The van der Waals surface area contributed by atoms with Gasteiger partial charge in [-0.1, -0.05) is 23.7 Å². The molecule has 0 atom stereocenters. The topological polar surface area (TPSA) is 87.3 Å². The molecule has 0 spiro atoms. The number of carbonyl (C=O) groups is 1. The van der Waals surface area contributed by atoms with E-state index in [1.165, 1.54) is 23.9 Å². The zero-order valence-electron chi connectivity index (χ0n) is 10.7. The van der Waals surface area contributed by atoms with Gasteiger partial charge < -0.3 is 4.74 Å². The highest BCUT2D eigenvalue weighted by molar-refractivity contribution is 6.34. The molecule has 8 heteroatoms. The fourth-order valence-electron chi connectivity index (χ4n) is 1.74. The van der Waals surface area contributed by atoms with Crippen molar-refractivity contribution < 1.29 is 14.5 Å². The van der Waals surface area contributed by atoms with Crippen molar-refractivity contribution in [2.24, 2.45) is 0 Å². The number of nitro benzene ring substituents is 1. The number of halogens is 1. The van der Waals surface area contributed by atoms with E-state index in [2.05, 4.69) is 9.84 Å². The van der Waals surface area contributed by atoms with E-state index in [9.17, 15) is 14.9 Å². The van der Waals surface area contributed by atoms with Gasteiger partial charge in [0.15, 0.2) is 5.69 Å². The molecule has 0 saturated carbocycles. The van der Waals surface area contributed by atoms with Gasteiger partial charge in [0.05, 0.1) is 22.7 Å². The molecule has 7 nitrogen and oxygen atoms in total. The smallest absolute Gasteiger partial charge is 0.360 e. The Morgan fingerprint density at radius 2 is 2.10 bits per heavy atom. The van der Waals surface area contributed by atoms with E-state index in [0.29, 0.717) is 5.69 Å². The number of para-hydroxylation sites is 2. The van der Waals surface area contributed by atoms with Crippen molar-refractivity contribution in [3.05, 3.63) is 50.8 Å². The largest absolute Gasteiger partial charge is 0.464 e. The van der Waals surface area contributed by atoms with Gasteiger partial charge in [0.2, 0.25) is 0 Å². The van der Waals surface area contributed by atoms with Crippen LogP contribution in [-0.4, -0.2) is 27.8 Å². The standard InChI is InChI=1S/C12H10ClN3O4/c1-7-10(13)11(12(17)20-2)14-15(7)8-5-3-4-6-9(8)16(18)19/h3-6H,1-2H3. The summed E-state index contributed by atoms with van der Waals surface area (Å²) in [6.45, 7) is 1.61. The van der Waals surface area contributed by atoms with Crippen LogP contribution in [-0.2, 0) is 4.74 Å². The third-order valence-corrected chi connectivity index (χ3v) is 3.18. The van der Waals surface area contributed by atoms with Gasteiger partial charge in [-0.05, 0) is 13.0 Å². The van der Waals surface area contributed by atoms with Crippen LogP contribution in [0.1, 0.15) is 16.2 Å². The van der Waals surface area contributed by atoms with Gasteiger partial charge >= 0.3 is 5.97 Å². The summed E-state index contributed by atoms with van der Waals surface area (Å²) >= 11 is 6.02. The number of hydrogen-bond donors (Lipinski definition) is 0. The normalized spacial score (nSPS) is 10.3. The van der Waals surface area contributed by atoms with Gasteiger partial charge in [-0.25, -0.2) is 9.48 Å². The molecule has 0 N–H and O–H groups in total. The molecule has 2 rings (SSSR count). The molecule has 0 bridgehead atoms. The number of hydrogen-bond acceptors (Lipinski definition) is 5. The second-order valence-electron chi connectivity index (χ2n) is 3.90. The number of nitrogens with zero attached hydrogens (tertiary/aromatic N) is 3. The zero-order valence-corrected chi connectivity index (χ0v) is 11.4. The van der Waals surface area contributed by atoms with Crippen LogP contribution in [0, 0.1) is 17.0 Å². The fraction of sp³-hybridized carbons (Fsp3) is 0.167. The third-order valence-electron chi connectivity index (χ3n) is 2.73. The van der Waals surface area contributed by atoms with Gasteiger partial charge in [0.1, 0.15) is 5.69 Å². The second kappa shape index (κ2) is 5.30. The first-order valence-electron chi connectivity index (χ1n) is 5.54. The molecule has 0 aliphatic rings. The van der Waals surface area contributed by atoms with Crippen LogP contribution in [0.25, 0.3) is 5.69 Å². The molecule has 0 unspecified atom stereocenters. The first kappa shape index (κ1) is 14.0. The Morgan fingerprint density at radius 1 is 1.45 bits per heavy atom. The summed E-state index contributed by atoms with van der Waals surface area (Å²) in [7, 11) is 1.21. The number of nitro groups is 1. The van der Waals surface area contributed by atoms with Crippen molar-refractivity contribution in [3.63, 3.8) is 0 Å². The van der Waals surface area contributed by atoms with Crippen LogP contribution >= 0.6 is 11.6 Å². The van der Waals surface area contributed by atoms with Crippen LogP contribution in [0.5, 0.6) is 0 Å². The summed E-state index contributed by atoms with van der Waals surface area (Å²) in [6.07, 6.45) is 0. The monoisotopic (exact) mass is 295 g/mol. The van der Waals surface area contributed by atoms with Crippen molar-refractivity contribution in [2.75, 3.05) is 7.11 Å². The van der Waals surface area contributed by atoms with Gasteiger partial charge in [0.25, 0.3) is 5.69 Å². The number of rotatable bonds is 3. The summed E-state index contributed by atoms with van der Waals surface area (Å²) in [5.41, 5.74) is 0.435. The lowest BCUT2D eigenvalue weighted by molar-refractivity contribution is -0.384. The van der Waals surface area contributed by atoms with E-state index in [1.54, 1.807) is 19.1 Å². The summed E-state index contributed by atoms with van der Waals surface area (Å²) in [5.74, 6) is -0.699. The maximum Gasteiger partial charge on any atom is 0.360 e. The highest BCUT2D eigenvalue weighted by Crippen LogP contribution is 2.28. The Labute approximate surface area is 118 Å². The minimum absolute atomic E-state index is 0.0789. The molecule has 20 heavy (non-hydrogen) atoms. The fourth-order valence-corrected chi connectivity index (χ4v) is 1.94. The van der Waals surface area contributed by atoms with Crippen molar-refractivity contribution >= 4 is 23.3 Å². The number of esters is 1. The van der Waals surface area contributed by atoms with Gasteiger partial charge in [0, 0.05) is 6.07 Å². The number of methoxy groups -OCH3 is 1. The van der Waals surface area contributed by atoms with Crippen LogP contribution in [0.2, 0.25) is 5.02 Å². The summed E-state index contributed by atoms with van der Waals surface area (Å²) in [5, 5.41) is 15.1. The summed E-state index contributed by atoms with van der Waals surface area (Å²) in [6, 6.07) is 6.05. The number of benzene rings is 1. The van der Waals surface area contributed by atoms with E-state index in [0.717, 1.165) is 0 Å². The predicted octanol–water partition coefficient (Wildman–Crippen LogP) is 2.53. The first-order valence-corrected chi connectivity index (χ1v) is 5.92. The zero-order chi connectivity index (χ0) is 14.9. The quantitative estimate of drug-likeness (QED) is 0.493. The van der Waals surface area contributed by atoms with Crippen LogP contribution in [0.15, 0.2) is 24.3 Å². The van der Waals surface area contributed by atoms with E-state index < -0.39 is 10.9 Å². The highest BCUT2D eigenvalue weighted by atomic mass is 35.5. The predicted molar refractivity (Wildman–Crippen MR) is 71.3 cm³/mol. The molecule has 1 heterocycles. The molecular weight excluding hydrogens is 286 g/mol. The SMILES string of the molecule is COC(=O)c1nn(-c2ccccc2[N+](=O)[O-])c(C)c1Cl. The summed E-state index contributed by atoms with van der Waals surface area (Å²) < 4.78 is 5.82. The first-order chi connectivity index (χ1) is 9.47. The Bertz CT molecular complexity index is 696. The second-order valence-corrected chi connectivity index (χ2v) is 4.28. The van der Waals surface area contributed by atoms with Gasteiger partial charge in [-0.15, -0.1) is 0 Å². The highest BCUT2D eigenvalue weighted by Gasteiger charge is 2.24. The Hall–Kier alpha value is -2.41. The maximum absolute atomic E-state index is 11.5. The Balaban J connectivity index is 2.66. The van der Waals surface area contributed by atoms with Crippen molar-refractivity contribution in [1.82, 2.24) is 9.78 Å². The summed E-state index contributed by atoms with van der Waals surface area (Å²) in [4.78, 5) is 22.0. The van der Waals surface area contributed by atoms with Crippen molar-refractivity contribution in [2.45, 2.75) is 6.92 Å². The lowest BCUT2D eigenvalue weighted by Gasteiger charge is -2.04. The Kier molecular flexibility index (Phi) is 3.71. The van der Waals surface area contributed by atoms with E-state index >= 15 is 0 Å². The van der Waals surface area contributed by atoms with Crippen LogP contribution in [0.3, 0.4) is 0 Å². The minimum Gasteiger partial charge on any atom is -0.464 e. The third kappa shape index (κ3) is 2.23. The lowest BCUT2D eigenvalue weighted by atomic mass is 10.2. The molecule has 1 aromatic heterocycles. The molecule has 0 radical (unpaired) electrons. The molecular formula is C12H10ClN3O4. The number of carbonyl (C=O) groups excluding carboxylic acids is 1. The van der Waals surface area contributed by atoms with Gasteiger partial charge in [-0.2, -0.15) is 5.10 Å². The molecule has 1 aromatic carbocycles. The molecule has 0 fully saturated rings. The van der Waals surface area contributed by atoms with Crippen LogP contribution < -0.4 is 0 Å². The molecule has 0 aliphatic carbocycles. The maximum atomic E-state index is 11.5. The van der Waals surface area contributed by atoms with Crippen molar-refractivity contribution in [3.8, 4) is 5.69 Å². The van der Waals surface area contributed by atoms with Gasteiger partial charge in [-0.3, -0.25) is 10.1 Å². The van der Waals surface area contributed by atoms with Crippen LogP contribution in [0.4, 0.5) is 5.69 Å².